The summed E-state index contributed by atoms with van der Waals surface area (Å²) >= 11 is 0. The maximum atomic E-state index is 14.5. The van der Waals surface area contributed by atoms with E-state index in [1.165, 1.54) is 6.33 Å². The summed E-state index contributed by atoms with van der Waals surface area (Å²) in [4.78, 5) is 18.5. The minimum absolute atomic E-state index is 0.182. The lowest BCUT2D eigenvalue weighted by atomic mass is 10.1. The highest BCUT2D eigenvalue weighted by atomic mass is 19.3. The zero-order chi connectivity index (χ0) is 29.7. The molecule has 2 aliphatic rings. The highest BCUT2D eigenvalue weighted by Gasteiger charge is 2.41. The molecule has 0 bridgehead atoms. The van der Waals surface area contributed by atoms with Crippen molar-refractivity contribution < 1.29 is 18.3 Å². The molecule has 5 aromatic rings. The van der Waals surface area contributed by atoms with Crippen LogP contribution in [0.2, 0.25) is 0 Å². The number of imidazole rings is 1. The molecule has 4 aromatic heterocycles. The topological polar surface area (TPSA) is 117 Å². The summed E-state index contributed by atoms with van der Waals surface area (Å²) < 4.78 is 44.6. The van der Waals surface area contributed by atoms with Gasteiger partial charge in [-0.2, -0.15) is 13.9 Å². The standard InChI is InChI=1S/C30H31F2N9O2/c1-17-35-25-21(36-20-8-6-7-19(26(20)42-3)28-33-16-34-40(28)2)15-23(39-29(25)41(17)24-9-4-5-14-43-24)37-22-11-10-18-12-13-30(31,32)27(18)38-22/h6-8,10-11,15-16,24H,4-5,9,12-14H2,1-3H3,(H2,36,37,38,39). The SMILES string of the molecule is COc1c(Nc2cc(Nc3ccc4c(n3)C(F)(F)CC4)nc3c2nc(C)n3C2CCCCO2)cccc1-c1ncnn1C. The van der Waals surface area contributed by atoms with E-state index in [2.05, 4.69) is 25.7 Å². The molecule has 1 saturated heterocycles. The van der Waals surface area contributed by atoms with Gasteiger partial charge in [0.15, 0.2) is 17.2 Å². The van der Waals surface area contributed by atoms with Crippen LogP contribution in [0.15, 0.2) is 42.7 Å². The summed E-state index contributed by atoms with van der Waals surface area (Å²) in [5, 5.41) is 10.9. The minimum atomic E-state index is -2.95. The van der Waals surface area contributed by atoms with Gasteiger partial charge >= 0.3 is 0 Å². The van der Waals surface area contributed by atoms with Gasteiger partial charge in [-0.25, -0.2) is 24.6 Å². The van der Waals surface area contributed by atoms with Crippen molar-refractivity contribution >= 4 is 34.2 Å². The van der Waals surface area contributed by atoms with Gasteiger partial charge in [0.25, 0.3) is 5.92 Å². The fourth-order valence-corrected chi connectivity index (χ4v) is 5.94. The molecule has 0 spiro atoms. The molecular weight excluding hydrogens is 556 g/mol. The van der Waals surface area contributed by atoms with Gasteiger partial charge in [0.05, 0.1) is 24.0 Å². The third kappa shape index (κ3) is 4.83. The number of aryl methyl sites for hydroxylation is 3. The third-order valence-corrected chi connectivity index (χ3v) is 8.00. The zero-order valence-electron chi connectivity index (χ0n) is 24.1. The van der Waals surface area contributed by atoms with Crippen LogP contribution in [0.5, 0.6) is 5.75 Å². The number of pyridine rings is 2. The fourth-order valence-electron chi connectivity index (χ4n) is 5.94. The molecule has 1 fully saturated rings. The Balaban J connectivity index is 1.34. The molecular formula is C30H31F2N9O2. The van der Waals surface area contributed by atoms with Crippen LogP contribution in [0.3, 0.4) is 0 Å². The molecule has 13 heteroatoms. The molecule has 1 unspecified atom stereocenters. The molecule has 1 atom stereocenters. The second-order valence-corrected chi connectivity index (χ2v) is 10.8. The number of hydrogen-bond donors (Lipinski definition) is 2. The first kappa shape index (κ1) is 27.2. The van der Waals surface area contributed by atoms with Crippen molar-refractivity contribution in [2.45, 2.75) is 51.2 Å². The number of rotatable bonds is 7. The first-order valence-electron chi connectivity index (χ1n) is 14.3. The maximum Gasteiger partial charge on any atom is 0.290 e. The molecule has 0 saturated carbocycles. The minimum Gasteiger partial charge on any atom is -0.494 e. The number of ether oxygens (including phenoxy) is 2. The molecule has 222 valence electrons. The summed E-state index contributed by atoms with van der Waals surface area (Å²) in [6, 6.07) is 10.9. The van der Waals surface area contributed by atoms with Crippen LogP contribution in [0, 0.1) is 6.92 Å². The number of alkyl halides is 2. The molecule has 0 radical (unpaired) electrons. The Morgan fingerprint density at radius 3 is 2.70 bits per heavy atom. The fraction of sp³-hybridized carbons (Fsp3) is 0.367. The molecule has 2 N–H and O–H groups in total. The van der Waals surface area contributed by atoms with E-state index < -0.39 is 5.92 Å². The van der Waals surface area contributed by atoms with Crippen molar-refractivity contribution in [3.63, 3.8) is 0 Å². The van der Waals surface area contributed by atoms with E-state index >= 15 is 0 Å². The lowest BCUT2D eigenvalue weighted by molar-refractivity contribution is -0.0309. The van der Waals surface area contributed by atoms with Crippen LogP contribution in [0.4, 0.5) is 31.8 Å². The van der Waals surface area contributed by atoms with Gasteiger partial charge < -0.3 is 20.1 Å². The van der Waals surface area contributed by atoms with Gasteiger partial charge in [-0.3, -0.25) is 4.57 Å². The normalized spacial score (nSPS) is 17.7. The number of hydrogen-bond acceptors (Lipinski definition) is 9. The number of nitrogens with zero attached hydrogens (tertiary/aromatic N) is 7. The molecule has 0 amide bonds. The number of methoxy groups -OCH3 is 1. The van der Waals surface area contributed by atoms with Crippen LogP contribution in [-0.4, -0.2) is 48.0 Å². The Kier molecular flexibility index (Phi) is 6.68. The van der Waals surface area contributed by atoms with Crippen molar-refractivity contribution in [1.29, 1.82) is 0 Å². The number of anilines is 4. The highest BCUT2D eigenvalue weighted by molar-refractivity contribution is 5.92. The third-order valence-electron chi connectivity index (χ3n) is 8.00. The van der Waals surface area contributed by atoms with Gasteiger partial charge in [-0.1, -0.05) is 12.1 Å². The molecule has 43 heavy (non-hydrogen) atoms. The average Bonchev–Trinajstić information content (AvgIpc) is 3.67. The molecule has 5 heterocycles. The maximum absolute atomic E-state index is 14.5. The second-order valence-electron chi connectivity index (χ2n) is 10.8. The van der Waals surface area contributed by atoms with Gasteiger partial charge in [0.1, 0.15) is 41.2 Å². The lowest BCUT2D eigenvalue weighted by Crippen LogP contribution is -2.19. The van der Waals surface area contributed by atoms with Gasteiger partial charge in [-0.05, 0) is 56.4 Å². The highest BCUT2D eigenvalue weighted by Crippen LogP contribution is 2.42. The van der Waals surface area contributed by atoms with Crippen LogP contribution in [-0.2, 0) is 24.1 Å². The summed E-state index contributed by atoms with van der Waals surface area (Å²) in [6.07, 6.45) is 4.24. The molecule has 7 rings (SSSR count). The van der Waals surface area contributed by atoms with E-state index in [9.17, 15) is 8.78 Å². The van der Waals surface area contributed by atoms with Crippen LogP contribution in [0.1, 0.15) is 49.0 Å². The lowest BCUT2D eigenvalue weighted by Gasteiger charge is -2.25. The molecule has 1 aromatic carbocycles. The molecule has 1 aliphatic heterocycles. The van der Waals surface area contributed by atoms with Crippen LogP contribution >= 0.6 is 0 Å². The number of halogens is 2. The van der Waals surface area contributed by atoms with Crippen molar-refractivity contribution in [2.24, 2.45) is 7.05 Å². The van der Waals surface area contributed by atoms with E-state index in [0.29, 0.717) is 58.5 Å². The van der Waals surface area contributed by atoms with Crippen molar-refractivity contribution in [3.8, 4) is 17.1 Å². The summed E-state index contributed by atoms with van der Waals surface area (Å²) in [6.45, 7) is 2.59. The Morgan fingerprint density at radius 2 is 1.93 bits per heavy atom. The van der Waals surface area contributed by atoms with Crippen LogP contribution < -0.4 is 15.4 Å². The Hall–Kier alpha value is -4.65. The molecule has 1 aliphatic carbocycles. The number of para-hydroxylation sites is 1. The zero-order valence-corrected chi connectivity index (χ0v) is 24.1. The predicted molar refractivity (Wildman–Crippen MR) is 157 cm³/mol. The van der Waals surface area contributed by atoms with E-state index in [-0.39, 0.29) is 24.2 Å². The number of benzene rings is 1. The van der Waals surface area contributed by atoms with E-state index in [0.717, 1.165) is 30.7 Å². The smallest absolute Gasteiger partial charge is 0.290 e. The first-order valence-corrected chi connectivity index (χ1v) is 14.3. The Morgan fingerprint density at radius 1 is 1.05 bits per heavy atom. The van der Waals surface area contributed by atoms with Crippen molar-refractivity contribution in [1.82, 2.24) is 34.3 Å². The summed E-state index contributed by atoms with van der Waals surface area (Å²) in [5.41, 5.74) is 3.71. The monoisotopic (exact) mass is 587 g/mol. The summed E-state index contributed by atoms with van der Waals surface area (Å²) in [5.74, 6) is -0.259. The largest absolute Gasteiger partial charge is 0.494 e. The van der Waals surface area contributed by atoms with Crippen LogP contribution in [0.25, 0.3) is 22.6 Å². The van der Waals surface area contributed by atoms with Crippen molar-refractivity contribution in [2.75, 3.05) is 24.4 Å². The second kappa shape index (κ2) is 10.6. The van der Waals surface area contributed by atoms with E-state index in [1.54, 1.807) is 30.0 Å². The van der Waals surface area contributed by atoms with Gasteiger partial charge in [0, 0.05) is 26.1 Å². The Labute approximate surface area is 246 Å². The number of nitrogens with one attached hydrogen (secondary N) is 2. The van der Waals surface area contributed by atoms with E-state index in [1.807, 2.05) is 36.7 Å². The predicted octanol–water partition coefficient (Wildman–Crippen LogP) is 6.16. The first-order chi connectivity index (χ1) is 20.8. The Bertz CT molecular complexity index is 1830. The number of fused-ring (bicyclic) bond motifs is 2. The van der Waals surface area contributed by atoms with Gasteiger partial charge in [0.2, 0.25) is 0 Å². The molecule has 11 nitrogen and oxygen atoms in total. The average molecular weight is 588 g/mol. The van der Waals surface area contributed by atoms with Gasteiger partial charge in [-0.15, -0.1) is 0 Å². The quantitative estimate of drug-likeness (QED) is 0.231. The number of aromatic nitrogens is 7. The van der Waals surface area contributed by atoms with E-state index in [4.69, 9.17) is 19.4 Å². The summed E-state index contributed by atoms with van der Waals surface area (Å²) in [7, 11) is 3.42. The van der Waals surface area contributed by atoms with Crippen molar-refractivity contribution in [3.05, 3.63) is 59.8 Å².